The van der Waals surface area contributed by atoms with Crippen molar-refractivity contribution < 1.29 is 0 Å². The van der Waals surface area contributed by atoms with Gasteiger partial charge in [-0.05, 0) is 26.7 Å². The molecule has 0 aliphatic carbocycles. The largest absolute Gasteiger partial charge is 0.122 e. The Bertz CT molecular complexity index is 99.6. The van der Waals surface area contributed by atoms with Crippen LogP contribution in [0.2, 0.25) is 0 Å². The predicted molar refractivity (Wildman–Crippen MR) is 59.1 cm³/mol. The number of rotatable bonds is 5. The lowest BCUT2D eigenvalue weighted by molar-refractivity contribution is 0.643. The van der Waals surface area contributed by atoms with Crippen LogP contribution in [-0.2, 0) is 0 Å². The molecular formula is C8H14Cl4. The first-order valence-corrected chi connectivity index (χ1v) is 5.76. The molecule has 0 aromatic heterocycles. The molecule has 0 amide bonds. The van der Waals surface area contributed by atoms with Gasteiger partial charge >= 0.3 is 0 Å². The Labute approximate surface area is 94.5 Å². The van der Waals surface area contributed by atoms with Gasteiger partial charge in [-0.1, -0.05) is 0 Å². The third-order valence-corrected chi connectivity index (χ3v) is 3.77. The van der Waals surface area contributed by atoms with Crippen molar-refractivity contribution in [2.45, 2.75) is 48.2 Å². The summed E-state index contributed by atoms with van der Waals surface area (Å²) in [6, 6.07) is 0. The smallest absolute Gasteiger partial charge is 0.0497 e. The lowest BCUT2D eigenvalue weighted by Crippen LogP contribution is -2.17. The highest BCUT2D eigenvalue weighted by Gasteiger charge is 2.16. The van der Waals surface area contributed by atoms with E-state index in [-0.39, 0.29) is 21.5 Å². The number of alkyl halides is 4. The van der Waals surface area contributed by atoms with Gasteiger partial charge in [0.1, 0.15) is 0 Å². The van der Waals surface area contributed by atoms with Gasteiger partial charge in [0, 0.05) is 21.5 Å². The molecule has 4 heteroatoms. The lowest BCUT2D eigenvalue weighted by atomic mass is 10.1. The molecule has 0 aromatic carbocycles. The van der Waals surface area contributed by atoms with Crippen LogP contribution in [0.3, 0.4) is 0 Å². The minimum Gasteiger partial charge on any atom is -0.122 e. The molecule has 0 aliphatic heterocycles. The van der Waals surface area contributed by atoms with Crippen molar-refractivity contribution in [2.24, 2.45) is 0 Å². The zero-order valence-electron chi connectivity index (χ0n) is 7.24. The molecule has 12 heavy (non-hydrogen) atoms. The van der Waals surface area contributed by atoms with E-state index < -0.39 is 0 Å². The topological polar surface area (TPSA) is 0 Å². The standard InChI is InChI=1S/C8H14Cl4/c1-5(9)7(11)3-4-8(12)6(2)10/h5-8H,3-4H2,1-2H3. The molecule has 0 fully saturated rings. The first-order valence-electron chi connectivity index (χ1n) is 4.01. The average molecular weight is 252 g/mol. The van der Waals surface area contributed by atoms with Crippen LogP contribution in [-0.4, -0.2) is 21.5 Å². The summed E-state index contributed by atoms with van der Waals surface area (Å²) < 4.78 is 0. The molecule has 74 valence electrons. The average Bonchev–Trinajstić information content (AvgIpc) is 1.98. The maximum absolute atomic E-state index is 5.93. The summed E-state index contributed by atoms with van der Waals surface area (Å²) in [5.74, 6) is 0. The molecule has 0 radical (unpaired) electrons. The summed E-state index contributed by atoms with van der Waals surface area (Å²) in [5, 5.41) is -0.0472. The Morgan fingerprint density at radius 2 is 1.00 bits per heavy atom. The van der Waals surface area contributed by atoms with E-state index in [0.717, 1.165) is 12.8 Å². The summed E-state index contributed by atoms with van der Waals surface area (Å²) in [7, 11) is 0. The van der Waals surface area contributed by atoms with Crippen molar-refractivity contribution in [3.63, 3.8) is 0 Å². The SMILES string of the molecule is CC(Cl)C(Cl)CCC(Cl)C(C)Cl. The minimum absolute atomic E-state index is 0.0108. The molecule has 0 N–H and O–H groups in total. The van der Waals surface area contributed by atoms with E-state index in [1.165, 1.54) is 0 Å². The third kappa shape index (κ3) is 5.75. The minimum atomic E-state index is -0.0128. The quantitative estimate of drug-likeness (QED) is 0.642. The lowest BCUT2D eigenvalue weighted by Gasteiger charge is -2.15. The fourth-order valence-corrected chi connectivity index (χ4v) is 1.28. The molecule has 0 nitrogen and oxygen atoms in total. The first kappa shape index (κ1) is 13.2. The van der Waals surface area contributed by atoms with Crippen molar-refractivity contribution >= 4 is 46.4 Å². The zero-order valence-corrected chi connectivity index (χ0v) is 10.3. The van der Waals surface area contributed by atoms with E-state index in [2.05, 4.69) is 0 Å². The fraction of sp³-hybridized carbons (Fsp3) is 1.00. The molecule has 4 atom stereocenters. The van der Waals surface area contributed by atoms with Crippen molar-refractivity contribution in [3.8, 4) is 0 Å². The fourth-order valence-electron chi connectivity index (χ4n) is 0.778. The molecule has 0 saturated carbocycles. The van der Waals surface area contributed by atoms with Crippen LogP contribution in [0.5, 0.6) is 0 Å². The molecule has 0 aromatic rings. The number of halogens is 4. The maximum atomic E-state index is 5.93. The maximum Gasteiger partial charge on any atom is 0.0497 e. The van der Waals surface area contributed by atoms with Crippen molar-refractivity contribution in [3.05, 3.63) is 0 Å². The highest BCUT2D eigenvalue weighted by molar-refractivity contribution is 6.30. The molecule has 0 spiro atoms. The second-order valence-electron chi connectivity index (χ2n) is 2.96. The summed E-state index contributed by atoms with van der Waals surface area (Å²) >= 11 is 23.4. The van der Waals surface area contributed by atoms with Crippen molar-refractivity contribution in [1.82, 2.24) is 0 Å². The van der Waals surface area contributed by atoms with E-state index in [0.29, 0.717) is 0 Å². The summed E-state index contributed by atoms with van der Waals surface area (Å²) in [6.45, 7) is 3.76. The summed E-state index contributed by atoms with van der Waals surface area (Å²) in [5.41, 5.74) is 0. The Hall–Kier alpha value is 1.16. The van der Waals surface area contributed by atoms with Crippen LogP contribution in [0.15, 0.2) is 0 Å². The molecule has 0 heterocycles. The Morgan fingerprint density at radius 3 is 1.17 bits per heavy atom. The first-order chi connectivity index (χ1) is 5.45. The summed E-state index contributed by atoms with van der Waals surface area (Å²) in [4.78, 5) is 0. The van der Waals surface area contributed by atoms with Gasteiger partial charge in [-0.15, -0.1) is 46.4 Å². The van der Waals surface area contributed by atoms with Gasteiger partial charge in [-0.25, -0.2) is 0 Å². The number of hydrogen-bond donors (Lipinski definition) is 0. The molecule has 0 saturated heterocycles. The monoisotopic (exact) mass is 250 g/mol. The molecule has 0 bridgehead atoms. The van der Waals surface area contributed by atoms with Crippen LogP contribution in [0, 0.1) is 0 Å². The Kier molecular flexibility index (Phi) is 7.23. The summed E-state index contributed by atoms with van der Waals surface area (Å²) in [6.07, 6.45) is 1.63. The van der Waals surface area contributed by atoms with Crippen molar-refractivity contribution in [1.29, 1.82) is 0 Å². The van der Waals surface area contributed by atoms with Crippen LogP contribution in [0.1, 0.15) is 26.7 Å². The van der Waals surface area contributed by atoms with Gasteiger partial charge in [-0.2, -0.15) is 0 Å². The van der Waals surface area contributed by atoms with Gasteiger partial charge in [0.2, 0.25) is 0 Å². The number of hydrogen-bond acceptors (Lipinski definition) is 0. The van der Waals surface area contributed by atoms with E-state index in [1.807, 2.05) is 13.8 Å². The van der Waals surface area contributed by atoms with Gasteiger partial charge < -0.3 is 0 Å². The molecule has 0 aliphatic rings. The van der Waals surface area contributed by atoms with Crippen LogP contribution in [0.25, 0.3) is 0 Å². The van der Waals surface area contributed by atoms with Crippen LogP contribution < -0.4 is 0 Å². The van der Waals surface area contributed by atoms with E-state index >= 15 is 0 Å². The normalized spacial score (nSPS) is 21.5. The van der Waals surface area contributed by atoms with Crippen LogP contribution >= 0.6 is 46.4 Å². The second-order valence-corrected chi connectivity index (χ2v) is 5.46. The Morgan fingerprint density at radius 1 is 0.750 bits per heavy atom. The van der Waals surface area contributed by atoms with Crippen LogP contribution in [0.4, 0.5) is 0 Å². The van der Waals surface area contributed by atoms with E-state index in [1.54, 1.807) is 0 Å². The van der Waals surface area contributed by atoms with Crippen molar-refractivity contribution in [2.75, 3.05) is 0 Å². The van der Waals surface area contributed by atoms with E-state index in [9.17, 15) is 0 Å². The Balaban J connectivity index is 3.54. The predicted octanol–water partition coefficient (Wildman–Crippen LogP) is 4.24. The van der Waals surface area contributed by atoms with Gasteiger partial charge in [0.05, 0.1) is 0 Å². The van der Waals surface area contributed by atoms with E-state index in [4.69, 9.17) is 46.4 Å². The third-order valence-electron chi connectivity index (χ3n) is 1.72. The molecule has 0 rings (SSSR count). The second kappa shape index (κ2) is 6.59. The highest BCUT2D eigenvalue weighted by Crippen LogP contribution is 2.21. The highest BCUT2D eigenvalue weighted by atomic mass is 35.5. The van der Waals surface area contributed by atoms with Gasteiger partial charge in [0.25, 0.3) is 0 Å². The van der Waals surface area contributed by atoms with Gasteiger partial charge in [0.15, 0.2) is 0 Å². The van der Waals surface area contributed by atoms with Gasteiger partial charge in [-0.3, -0.25) is 0 Å². The molecular weight excluding hydrogens is 238 g/mol. The zero-order chi connectivity index (χ0) is 9.72. The molecule has 4 unspecified atom stereocenters.